The monoisotopic (exact) mass is 535 g/mol. The van der Waals surface area contributed by atoms with Crippen LogP contribution in [-0.4, -0.2) is 32.4 Å². The molecular weight excluding hydrogens is 505 g/mol. The Morgan fingerprint density at radius 3 is 2.52 bits per heavy atom. The molecule has 0 unspecified atom stereocenters. The van der Waals surface area contributed by atoms with E-state index in [0.717, 1.165) is 39.8 Å². The summed E-state index contributed by atoms with van der Waals surface area (Å²) in [4.78, 5) is 15.9. The van der Waals surface area contributed by atoms with Crippen LogP contribution in [0.25, 0.3) is 11.5 Å². The van der Waals surface area contributed by atoms with Crippen LogP contribution >= 0.6 is 0 Å². The van der Waals surface area contributed by atoms with E-state index in [1.54, 1.807) is 31.1 Å². The number of fused-ring (bicyclic) bond motifs is 3. The van der Waals surface area contributed by atoms with Crippen molar-refractivity contribution in [2.45, 2.75) is 32.9 Å². The number of hydrogen-bond donors (Lipinski definition) is 1. The molecule has 0 saturated carbocycles. The summed E-state index contributed by atoms with van der Waals surface area (Å²) in [6, 6.07) is 25.7. The van der Waals surface area contributed by atoms with E-state index in [0.29, 0.717) is 24.2 Å². The lowest BCUT2D eigenvalue weighted by atomic mass is 10.0. The summed E-state index contributed by atoms with van der Waals surface area (Å²) in [5.41, 5.74) is 5.57. The number of methoxy groups -OCH3 is 1. The van der Waals surface area contributed by atoms with Gasteiger partial charge in [0.25, 0.3) is 0 Å². The minimum atomic E-state index is -0.433. The van der Waals surface area contributed by atoms with Gasteiger partial charge in [-0.25, -0.2) is 13.9 Å². The highest BCUT2D eigenvalue weighted by Crippen LogP contribution is 2.39. The number of para-hydroxylation sites is 1. The number of benzene rings is 3. The Bertz CT molecular complexity index is 1670. The SMILES string of the molecule is CCc1nn(-c2ccccc2)c2c1CN(C(=O)Nc1ccc(C)c(F)c1)[C@H](c1ccc(OC)cc1)c1cccn1-2. The number of anilines is 1. The van der Waals surface area contributed by atoms with Crippen LogP contribution in [0.3, 0.4) is 0 Å². The summed E-state index contributed by atoms with van der Waals surface area (Å²) in [6.07, 6.45) is 2.71. The highest BCUT2D eigenvalue weighted by atomic mass is 19.1. The Morgan fingerprint density at radius 1 is 1.05 bits per heavy atom. The van der Waals surface area contributed by atoms with Gasteiger partial charge in [-0.2, -0.15) is 5.10 Å². The van der Waals surface area contributed by atoms with Gasteiger partial charge < -0.3 is 19.5 Å². The van der Waals surface area contributed by atoms with Crippen LogP contribution in [0, 0.1) is 12.7 Å². The first-order valence-corrected chi connectivity index (χ1v) is 13.3. The summed E-state index contributed by atoms with van der Waals surface area (Å²) < 4.78 is 23.9. The van der Waals surface area contributed by atoms with Gasteiger partial charge in [0.1, 0.15) is 17.4 Å². The van der Waals surface area contributed by atoms with E-state index in [1.165, 1.54) is 6.07 Å². The van der Waals surface area contributed by atoms with E-state index in [1.807, 2.05) is 77.6 Å². The Hall–Kier alpha value is -4.85. The quantitative estimate of drug-likeness (QED) is 0.269. The maximum absolute atomic E-state index is 14.4. The Kier molecular flexibility index (Phi) is 6.59. The number of nitrogens with zero attached hydrogens (tertiary/aromatic N) is 4. The average molecular weight is 536 g/mol. The molecule has 7 nitrogen and oxygen atoms in total. The maximum Gasteiger partial charge on any atom is 0.322 e. The molecule has 0 saturated heterocycles. The zero-order valence-corrected chi connectivity index (χ0v) is 22.6. The number of rotatable bonds is 5. The molecule has 2 amide bonds. The summed E-state index contributed by atoms with van der Waals surface area (Å²) in [5.74, 6) is 1.27. The summed E-state index contributed by atoms with van der Waals surface area (Å²) in [7, 11) is 1.63. The number of aromatic nitrogens is 3. The molecule has 0 bridgehead atoms. The minimum Gasteiger partial charge on any atom is -0.497 e. The van der Waals surface area contributed by atoms with Crippen LogP contribution in [0.1, 0.15) is 41.0 Å². The number of hydrogen-bond acceptors (Lipinski definition) is 3. The maximum atomic E-state index is 14.4. The van der Waals surface area contributed by atoms with Crippen molar-refractivity contribution in [2.24, 2.45) is 0 Å². The number of halogens is 1. The predicted octanol–water partition coefficient (Wildman–Crippen LogP) is 6.82. The lowest BCUT2D eigenvalue weighted by molar-refractivity contribution is 0.194. The van der Waals surface area contributed by atoms with E-state index in [9.17, 15) is 9.18 Å². The van der Waals surface area contributed by atoms with Crippen molar-refractivity contribution in [3.8, 4) is 17.3 Å². The molecule has 40 heavy (non-hydrogen) atoms. The summed E-state index contributed by atoms with van der Waals surface area (Å²) >= 11 is 0. The van der Waals surface area contributed by atoms with Gasteiger partial charge in [-0.15, -0.1) is 0 Å². The summed E-state index contributed by atoms with van der Waals surface area (Å²) in [5, 5.41) is 7.94. The van der Waals surface area contributed by atoms with Crippen molar-refractivity contribution in [1.29, 1.82) is 0 Å². The molecule has 1 aliphatic rings. The fourth-order valence-electron chi connectivity index (χ4n) is 5.35. The topological polar surface area (TPSA) is 64.3 Å². The molecule has 6 rings (SSSR count). The number of carbonyl (C=O) groups excluding carboxylic acids is 1. The normalized spacial score (nSPS) is 14.3. The molecule has 1 aliphatic heterocycles. The summed E-state index contributed by atoms with van der Waals surface area (Å²) in [6.45, 7) is 4.07. The zero-order chi connectivity index (χ0) is 27.8. The molecule has 202 valence electrons. The average Bonchev–Trinajstić information content (AvgIpc) is 3.56. The van der Waals surface area contributed by atoms with E-state index >= 15 is 0 Å². The van der Waals surface area contributed by atoms with Crippen LogP contribution in [0.15, 0.2) is 91.1 Å². The van der Waals surface area contributed by atoms with Crippen molar-refractivity contribution in [3.63, 3.8) is 0 Å². The van der Waals surface area contributed by atoms with Crippen LogP contribution in [0.5, 0.6) is 5.75 Å². The van der Waals surface area contributed by atoms with Gasteiger partial charge in [-0.1, -0.05) is 43.3 Å². The number of aryl methyl sites for hydroxylation is 2. The molecule has 0 radical (unpaired) electrons. The number of amides is 2. The molecule has 0 spiro atoms. The molecule has 1 atom stereocenters. The highest BCUT2D eigenvalue weighted by molar-refractivity contribution is 5.90. The third-order valence-corrected chi connectivity index (χ3v) is 7.42. The van der Waals surface area contributed by atoms with Crippen molar-refractivity contribution in [2.75, 3.05) is 12.4 Å². The molecule has 8 heteroatoms. The number of ether oxygens (including phenoxy) is 1. The van der Waals surface area contributed by atoms with Crippen LogP contribution in [0.4, 0.5) is 14.9 Å². The van der Waals surface area contributed by atoms with Gasteiger partial charge in [-0.3, -0.25) is 0 Å². The van der Waals surface area contributed by atoms with Crippen molar-refractivity contribution in [1.82, 2.24) is 19.2 Å². The molecule has 2 aromatic heterocycles. The third-order valence-electron chi connectivity index (χ3n) is 7.42. The van der Waals surface area contributed by atoms with Crippen LogP contribution in [0.2, 0.25) is 0 Å². The highest BCUT2D eigenvalue weighted by Gasteiger charge is 2.36. The van der Waals surface area contributed by atoms with Gasteiger partial charge in [0.15, 0.2) is 0 Å². The van der Waals surface area contributed by atoms with Gasteiger partial charge in [0.2, 0.25) is 0 Å². The van der Waals surface area contributed by atoms with Crippen molar-refractivity contribution < 1.29 is 13.9 Å². The largest absolute Gasteiger partial charge is 0.497 e. The second-order valence-electron chi connectivity index (χ2n) is 9.85. The van der Waals surface area contributed by atoms with E-state index in [2.05, 4.69) is 16.8 Å². The predicted molar refractivity (Wildman–Crippen MR) is 153 cm³/mol. The van der Waals surface area contributed by atoms with Gasteiger partial charge in [0.05, 0.1) is 36.8 Å². The first-order chi connectivity index (χ1) is 19.5. The van der Waals surface area contributed by atoms with E-state index < -0.39 is 6.04 Å². The van der Waals surface area contributed by atoms with Crippen molar-refractivity contribution in [3.05, 3.63) is 125 Å². The fraction of sp³-hybridized carbons (Fsp3) is 0.188. The first-order valence-electron chi connectivity index (χ1n) is 13.3. The Balaban J connectivity index is 1.53. The first kappa shape index (κ1) is 25.4. The standard InChI is InChI=1S/C32H30FN5O2/c1-4-28-26-20-37(32(39)34-23-15-12-21(2)27(33)19-23)30(22-13-16-25(40-3)17-14-22)29-11-8-18-36(29)31(26)38(35-28)24-9-6-5-7-10-24/h5-19,30H,4,20H2,1-3H3,(H,34,39)/t30-/m1/s1. The second kappa shape index (κ2) is 10.4. The second-order valence-corrected chi connectivity index (χ2v) is 9.85. The van der Waals surface area contributed by atoms with Crippen LogP contribution in [-0.2, 0) is 13.0 Å². The number of carbonyl (C=O) groups is 1. The van der Waals surface area contributed by atoms with E-state index in [-0.39, 0.29) is 11.8 Å². The fourth-order valence-corrected chi connectivity index (χ4v) is 5.35. The van der Waals surface area contributed by atoms with Crippen LogP contribution < -0.4 is 10.1 Å². The smallest absolute Gasteiger partial charge is 0.322 e. The van der Waals surface area contributed by atoms with Gasteiger partial charge in [-0.05, 0) is 73.0 Å². The number of urea groups is 1. The van der Waals surface area contributed by atoms with Gasteiger partial charge >= 0.3 is 6.03 Å². The Morgan fingerprint density at radius 2 is 1.82 bits per heavy atom. The zero-order valence-electron chi connectivity index (χ0n) is 22.6. The molecule has 3 heterocycles. The molecule has 0 aliphatic carbocycles. The molecule has 5 aromatic rings. The lowest BCUT2D eigenvalue weighted by Gasteiger charge is -2.31. The number of nitrogens with one attached hydrogen (secondary N) is 1. The van der Waals surface area contributed by atoms with Gasteiger partial charge in [0, 0.05) is 17.4 Å². The van der Waals surface area contributed by atoms with E-state index in [4.69, 9.17) is 9.84 Å². The molecule has 3 aromatic carbocycles. The molecular formula is C32H30FN5O2. The third kappa shape index (κ3) is 4.41. The lowest BCUT2D eigenvalue weighted by Crippen LogP contribution is -2.38. The minimum absolute atomic E-state index is 0.309. The van der Waals surface area contributed by atoms with Crippen molar-refractivity contribution >= 4 is 11.7 Å². The molecule has 1 N–H and O–H groups in total. The Labute approximate surface area is 232 Å². The molecule has 0 fully saturated rings.